The van der Waals surface area contributed by atoms with Crippen molar-refractivity contribution in [3.05, 3.63) is 42.2 Å². The van der Waals surface area contributed by atoms with Crippen LogP contribution < -0.4 is 0 Å². The van der Waals surface area contributed by atoms with E-state index in [1.165, 1.54) is 0 Å². The third-order valence-corrected chi connectivity index (χ3v) is 2.89. The van der Waals surface area contributed by atoms with E-state index in [0.717, 1.165) is 5.69 Å². The van der Waals surface area contributed by atoms with E-state index in [1.54, 1.807) is 24.9 Å². The van der Waals surface area contributed by atoms with Gasteiger partial charge in [-0.25, -0.2) is 4.68 Å². The predicted molar refractivity (Wildman–Crippen MR) is 67.4 cm³/mol. The molecule has 2 aromatic rings. The van der Waals surface area contributed by atoms with Gasteiger partial charge in [-0.05, 0) is 19.1 Å². The quantitative estimate of drug-likeness (QED) is 0.870. The van der Waals surface area contributed by atoms with Crippen molar-refractivity contribution >= 4 is 0 Å². The molecular formula is C13H17N3O2. The number of hydrogen-bond donors (Lipinski definition) is 1. The molecule has 0 spiro atoms. The van der Waals surface area contributed by atoms with Gasteiger partial charge in [0.1, 0.15) is 5.60 Å². The summed E-state index contributed by atoms with van der Waals surface area (Å²) in [5, 5.41) is 18.4. The normalized spacial score (nSPS) is 14.4. The molecule has 0 aliphatic rings. The average molecular weight is 247 g/mol. The smallest absolute Gasteiger partial charge is 0.108 e. The SMILES string of the molecule is COCCC(C)(O)c1cnnn1-c1ccccc1. The summed E-state index contributed by atoms with van der Waals surface area (Å²) in [6, 6.07) is 9.62. The Morgan fingerprint density at radius 2 is 2.06 bits per heavy atom. The maximum Gasteiger partial charge on any atom is 0.108 e. The summed E-state index contributed by atoms with van der Waals surface area (Å²) in [5.41, 5.74) is 0.517. The molecule has 1 aromatic carbocycles. The second-order valence-electron chi connectivity index (χ2n) is 4.38. The van der Waals surface area contributed by atoms with E-state index >= 15 is 0 Å². The summed E-state index contributed by atoms with van der Waals surface area (Å²) in [6.07, 6.45) is 2.08. The first-order valence-electron chi connectivity index (χ1n) is 5.83. The van der Waals surface area contributed by atoms with Gasteiger partial charge in [0.05, 0.1) is 17.6 Å². The molecule has 1 unspecified atom stereocenters. The average Bonchev–Trinajstić information content (AvgIpc) is 2.87. The van der Waals surface area contributed by atoms with Gasteiger partial charge in [0, 0.05) is 20.1 Å². The van der Waals surface area contributed by atoms with Crippen LogP contribution in [0.25, 0.3) is 5.69 Å². The third-order valence-electron chi connectivity index (χ3n) is 2.89. The minimum absolute atomic E-state index is 0.479. The van der Waals surface area contributed by atoms with E-state index in [0.29, 0.717) is 18.7 Å². The number of methoxy groups -OCH3 is 1. The van der Waals surface area contributed by atoms with Crippen molar-refractivity contribution in [3.8, 4) is 5.69 Å². The van der Waals surface area contributed by atoms with Crippen LogP contribution in [0.4, 0.5) is 0 Å². The van der Waals surface area contributed by atoms with Gasteiger partial charge in [0.25, 0.3) is 0 Å². The number of benzene rings is 1. The second kappa shape index (κ2) is 5.29. The summed E-state index contributed by atoms with van der Waals surface area (Å²) in [7, 11) is 1.61. The number of nitrogens with zero attached hydrogens (tertiary/aromatic N) is 3. The number of para-hydroxylation sites is 1. The van der Waals surface area contributed by atoms with Crippen LogP contribution in [-0.4, -0.2) is 33.8 Å². The fourth-order valence-electron chi connectivity index (χ4n) is 1.79. The maximum absolute atomic E-state index is 10.5. The summed E-state index contributed by atoms with van der Waals surface area (Å²) >= 11 is 0. The molecule has 0 aliphatic heterocycles. The van der Waals surface area contributed by atoms with Crippen molar-refractivity contribution in [2.45, 2.75) is 18.9 Å². The molecule has 0 radical (unpaired) electrons. The van der Waals surface area contributed by atoms with Crippen molar-refractivity contribution in [3.63, 3.8) is 0 Å². The predicted octanol–water partition coefficient (Wildman–Crippen LogP) is 1.51. The van der Waals surface area contributed by atoms with Gasteiger partial charge in [0.2, 0.25) is 0 Å². The molecule has 1 N–H and O–H groups in total. The van der Waals surface area contributed by atoms with E-state index in [-0.39, 0.29) is 0 Å². The lowest BCUT2D eigenvalue weighted by atomic mass is 9.99. The fourth-order valence-corrected chi connectivity index (χ4v) is 1.79. The van der Waals surface area contributed by atoms with Gasteiger partial charge >= 0.3 is 0 Å². The highest BCUT2D eigenvalue weighted by Crippen LogP contribution is 2.25. The van der Waals surface area contributed by atoms with E-state index < -0.39 is 5.60 Å². The van der Waals surface area contributed by atoms with Crippen LogP contribution >= 0.6 is 0 Å². The van der Waals surface area contributed by atoms with Crippen molar-refractivity contribution < 1.29 is 9.84 Å². The molecule has 0 bridgehead atoms. The summed E-state index contributed by atoms with van der Waals surface area (Å²) < 4.78 is 6.66. The summed E-state index contributed by atoms with van der Waals surface area (Å²) in [4.78, 5) is 0. The van der Waals surface area contributed by atoms with Crippen molar-refractivity contribution in [1.29, 1.82) is 0 Å². The molecule has 5 heteroatoms. The molecule has 0 saturated carbocycles. The number of hydrogen-bond acceptors (Lipinski definition) is 4. The minimum Gasteiger partial charge on any atom is -0.385 e. The van der Waals surface area contributed by atoms with Crippen molar-refractivity contribution in [1.82, 2.24) is 15.0 Å². The van der Waals surface area contributed by atoms with Crippen LogP contribution in [0.1, 0.15) is 19.0 Å². The number of aromatic nitrogens is 3. The van der Waals surface area contributed by atoms with Gasteiger partial charge in [-0.15, -0.1) is 5.10 Å². The molecule has 18 heavy (non-hydrogen) atoms. The summed E-state index contributed by atoms with van der Waals surface area (Å²) in [6.45, 7) is 2.22. The Labute approximate surface area is 106 Å². The van der Waals surface area contributed by atoms with Crippen LogP contribution in [-0.2, 0) is 10.3 Å². The Hall–Kier alpha value is -1.72. The van der Waals surface area contributed by atoms with Crippen LogP contribution in [0.15, 0.2) is 36.5 Å². The number of rotatable bonds is 5. The Morgan fingerprint density at radius 3 is 2.72 bits per heavy atom. The maximum atomic E-state index is 10.5. The second-order valence-corrected chi connectivity index (χ2v) is 4.38. The molecule has 0 amide bonds. The van der Waals surface area contributed by atoms with Crippen LogP contribution in [0.2, 0.25) is 0 Å². The highest BCUT2D eigenvalue weighted by Gasteiger charge is 2.28. The first-order valence-corrected chi connectivity index (χ1v) is 5.83. The molecule has 1 aromatic heterocycles. The van der Waals surface area contributed by atoms with Crippen LogP contribution in [0, 0.1) is 0 Å². The topological polar surface area (TPSA) is 60.2 Å². The first kappa shape index (κ1) is 12.7. The lowest BCUT2D eigenvalue weighted by Gasteiger charge is -2.23. The summed E-state index contributed by atoms with van der Waals surface area (Å²) in [5.74, 6) is 0. The van der Waals surface area contributed by atoms with Crippen LogP contribution in [0.3, 0.4) is 0 Å². The molecule has 1 atom stereocenters. The molecular weight excluding hydrogens is 230 g/mol. The van der Waals surface area contributed by atoms with E-state index in [1.807, 2.05) is 30.3 Å². The monoisotopic (exact) mass is 247 g/mol. The highest BCUT2D eigenvalue weighted by molar-refractivity contribution is 5.32. The highest BCUT2D eigenvalue weighted by atomic mass is 16.5. The lowest BCUT2D eigenvalue weighted by Crippen LogP contribution is -2.26. The van der Waals surface area contributed by atoms with Crippen molar-refractivity contribution in [2.75, 3.05) is 13.7 Å². The van der Waals surface area contributed by atoms with Gasteiger partial charge in [0.15, 0.2) is 0 Å². The lowest BCUT2D eigenvalue weighted by molar-refractivity contribution is 0.0154. The minimum atomic E-state index is -1.02. The molecule has 5 nitrogen and oxygen atoms in total. The Balaban J connectivity index is 2.33. The molecule has 0 saturated heterocycles. The molecule has 2 rings (SSSR count). The van der Waals surface area contributed by atoms with Gasteiger partial charge in [-0.3, -0.25) is 0 Å². The third kappa shape index (κ3) is 2.57. The molecule has 0 aliphatic carbocycles. The largest absolute Gasteiger partial charge is 0.385 e. The van der Waals surface area contributed by atoms with Gasteiger partial charge in [-0.1, -0.05) is 23.4 Å². The van der Waals surface area contributed by atoms with E-state index in [9.17, 15) is 5.11 Å². The Morgan fingerprint density at radius 1 is 1.33 bits per heavy atom. The van der Waals surface area contributed by atoms with Gasteiger partial charge < -0.3 is 9.84 Å². The van der Waals surface area contributed by atoms with Gasteiger partial charge in [-0.2, -0.15) is 0 Å². The van der Waals surface area contributed by atoms with E-state index in [4.69, 9.17) is 4.74 Å². The molecule has 1 heterocycles. The number of ether oxygens (including phenoxy) is 1. The fraction of sp³-hybridized carbons (Fsp3) is 0.385. The Kier molecular flexibility index (Phi) is 3.74. The standard InChI is InChI=1S/C13H17N3O2/c1-13(17,8-9-18-2)12-10-14-15-16(12)11-6-4-3-5-7-11/h3-7,10,17H,8-9H2,1-2H3. The zero-order valence-corrected chi connectivity index (χ0v) is 10.6. The zero-order chi connectivity index (χ0) is 13.0. The number of aliphatic hydroxyl groups is 1. The zero-order valence-electron chi connectivity index (χ0n) is 10.6. The van der Waals surface area contributed by atoms with E-state index in [2.05, 4.69) is 10.3 Å². The van der Waals surface area contributed by atoms with Crippen molar-refractivity contribution in [2.24, 2.45) is 0 Å². The molecule has 0 fully saturated rings. The molecule has 96 valence electrons. The first-order chi connectivity index (χ1) is 8.65. The Bertz CT molecular complexity index is 494. The van der Waals surface area contributed by atoms with Crippen LogP contribution in [0.5, 0.6) is 0 Å².